The lowest BCUT2D eigenvalue weighted by atomic mass is 10.0. The molecule has 0 fully saturated rings. The standard InChI is InChI=1S/C20H19N3O2/c1-13-5-4-6-14(11-13)12-18(19(21)24)23-20(25)16-9-10-22-17-8-3-2-7-15(16)17/h2-11,18H,12H2,1H3,(H2,21,24)(H,23,25)/t18-/m0/s1. The van der Waals surface area contributed by atoms with Gasteiger partial charge in [0.25, 0.3) is 5.91 Å². The number of rotatable bonds is 5. The van der Waals surface area contributed by atoms with Crippen LogP contribution in [0.5, 0.6) is 0 Å². The van der Waals surface area contributed by atoms with E-state index in [1.165, 1.54) is 0 Å². The minimum Gasteiger partial charge on any atom is -0.368 e. The number of nitrogens with two attached hydrogens (primary N) is 1. The van der Waals surface area contributed by atoms with Crippen LogP contribution in [0.2, 0.25) is 0 Å². The van der Waals surface area contributed by atoms with Gasteiger partial charge in [-0.3, -0.25) is 14.6 Å². The zero-order chi connectivity index (χ0) is 17.8. The first-order valence-corrected chi connectivity index (χ1v) is 8.04. The number of amides is 2. The van der Waals surface area contributed by atoms with Gasteiger partial charge in [-0.25, -0.2) is 0 Å². The molecule has 1 heterocycles. The Labute approximate surface area is 145 Å². The van der Waals surface area contributed by atoms with E-state index < -0.39 is 11.9 Å². The molecule has 0 aliphatic heterocycles. The number of nitrogens with zero attached hydrogens (tertiary/aromatic N) is 1. The van der Waals surface area contributed by atoms with E-state index in [0.29, 0.717) is 12.0 Å². The first kappa shape index (κ1) is 16.6. The third-order valence-electron chi connectivity index (χ3n) is 4.06. The van der Waals surface area contributed by atoms with Crippen molar-refractivity contribution in [3.8, 4) is 0 Å². The van der Waals surface area contributed by atoms with Crippen LogP contribution < -0.4 is 11.1 Å². The summed E-state index contributed by atoms with van der Waals surface area (Å²) in [7, 11) is 0. The maximum Gasteiger partial charge on any atom is 0.252 e. The molecule has 0 aliphatic rings. The highest BCUT2D eigenvalue weighted by Crippen LogP contribution is 2.16. The average Bonchev–Trinajstić information content (AvgIpc) is 2.60. The fourth-order valence-electron chi connectivity index (χ4n) is 2.83. The Morgan fingerprint density at radius 2 is 1.92 bits per heavy atom. The maximum atomic E-state index is 12.7. The summed E-state index contributed by atoms with van der Waals surface area (Å²) < 4.78 is 0. The summed E-state index contributed by atoms with van der Waals surface area (Å²) in [6.07, 6.45) is 1.93. The molecule has 0 aliphatic carbocycles. The first-order chi connectivity index (χ1) is 12.0. The van der Waals surface area contributed by atoms with Crippen molar-refractivity contribution < 1.29 is 9.59 Å². The van der Waals surface area contributed by atoms with E-state index in [1.807, 2.05) is 55.5 Å². The van der Waals surface area contributed by atoms with Crippen LogP contribution in [0.15, 0.2) is 60.8 Å². The fraction of sp³-hybridized carbons (Fsp3) is 0.150. The Morgan fingerprint density at radius 3 is 2.68 bits per heavy atom. The van der Waals surface area contributed by atoms with Gasteiger partial charge in [0.1, 0.15) is 6.04 Å². The number of pyridine rings is 1. The Bertz CT molecular complexity index is 932. The smallest absolute Gasteiger partial charge is 0.252 e. The van der Waals surface area contributed by atoms with Crippen molar-refractivity contribution >= 4 is 22.7 Å². The number of aromatic nitrogens is 1. The summed E-state index contributed by atoms with van der Waals surface area (Å²) in [5.74, 6) is -0.900. The number of benzene rings is 2. The highest BCUT2D eigenvalue weighted by molar-refractivity contribution is 6.07. The third-order valence-corrected chi connectivity index (χ3v) is 4.06. The molecule has 1 aromatic heterocycles. The second-order valence-electron chi connectivity index (χ2n) is 6.00. The SMILES string of the molecule is Cc1cccc(C[C@H](NC(=O)c2ccnc3ccccc23)C(N)=O)c1. The van der Waals surface area contributed by atoms with Crippen LogP contribution in [-0.4, -0.2) is 22.8 Å². The summed E-state index contributed by atoms with van der Waals surface area (Å²) in [6.45, 7) is 1.98. The van der Waals surface area contributed by atoms with Crippen LogP contribution in [-0.2, 0) is 11.2 Å². The van der Waals surface area contributed by atoms with Crippen molar-refractivity contribution in [1.29, 1.82) is 0 Å². The Kier molecular flexibility index (Phi) is 4.75. The summed E-state index contributed by atoms with van der Waals surface area (Å²) in [4.78, 5) is 28.7. The van der Waals surface area contributed by atoms with Crippen molar-refractivity contribution in [2.45, 2.75) is 19.4 Å². The van der Waals surface area contributed by atoms with Gasteiger partial charge in [0.15, 0.2) is 0 Å². The number of para-hydroxylation sites is 1. The molecule has 5 heteroatoms. The van der Waals surface area contributed by atoms with Gasteiger partial charge in [-0.2, -0.15) is 0 Å². The Morgan fingerprint density at radius 1 is 1.12 bits per heavy atom. The molecule has 0 radical (unpaired) electrons. The molecule has 0 unspecified atom stereocenters. The number of primary amides is 1. The summed E-state index contributed by atoms with van der Waals surface area (Å²) in [5, 5.41) is 3.49. The van der Waals surface area contributed by atoms with Gasteiger partial charge in [0.2, 0.25) is 5.91 Å². The molecule has 1 atom stereocenters. The highest BCUT2D eigenvalue weighted by Gasteiger charge is 2.20. The van der Waals surface area contributed by atoms with Crippen LogP contribution in [0.25, 0.3) is 10.9 Å². The molecular weight excluding hydrogens is 314 g/mol. The molecule has 0 bridgehead atoms. The maximum absolute atomic E-state index is 12.7. The molecule has 25 heavy (non-hydrogen) atoms. The van der Waals surface area contributed by atoms with E-state index >= 15 is 0 Å². The lowest BCUT2D eigenvalue weighted by Gasteiger charge is -2.16. The number of hydrogen-bond acceptors (Lipinski definition) is 3. The van der Waals surface area contributed by atoms with Gasteiger partial charge in [-0.1, -0.05) is 48.0 Å². The largest absolute Gasteiger partial charge is 0.368 e. The molecule has 3 rings (SSSR count). The number of carbonyl (C=O) groups excluding carboxylic acids is 2. The third kappa shape index (κ3) is 3.83. The number of aryl methyl sites for hydroxylation is 1. The molecule has 2 aromatic carbocycles. The van der Waals surface area contributed by atoms with Gasteiger partial charge in [-0.05, 0) is 24.6 Å². The highest BCUT2D eigenvalue weighted by atomic mass is 16.2. The zero-order valence-electron chi connectivity index (χ0n) is 13.9. The van der Waals surface area contributed by atoms with E-state index in [-0.39, 0.29) is 5.91 Å². The molecular formula is C20H19N3O2. The van der Waals surface area contributed by atoms with Crippen LogP contribution in [0.1, 0.15) is 21.5 Å². The first-order valence-electron chi connectivity index (χ1n) is 8.04. The lowest BCUT2D eigenvalue weighted by molar-refractivity contribution is -0.119. The second-order valence-corrected chi connectivity index (χ2v) is 6.00. The molecule has 0 spiro atoms. The normalized spacial score (nSPS) is 11.9. The number of nitrogens with one attached hydrogen (secondary N) is 1. The summed E-state index contributed by atoms with van der Waals surface area (Å²) >= 11 is 0. The van der Waals surface area contributed by atoms with Gasteiger partial charge in [0, 0.05) is 18.0 Å². The Hall–Kier alpha value is -3.21. The molecule has 0 saturated carbocycles. The predicted octanol–water partition coefficient (Wildman–Crippen LogP) is 2.37. The molecule has 3 N–H and O–H groups in total. The van der Waals surface area contributed by atoms with Gasteiger partial charge < -0.3 is 11.1 Å². The zero-order valence-corrected chi connectivity index (χ0v) is 13.9. The van der Waals surface area contributed by atoms with Gasteiger partial charge in [0.05, 0.1) is 11.1 Å². The number of fused-ring (bicyclic) bond motifs is 1. The summed E-state index contributed by atoms with van der Waals surface area (Å²) in [5.41, 5.74) is 8.73. The monoisotopic (exact) mass is 333 g/mol. The van der Waals surface area contributed by atoms with Crippen molar-refractivity contribution in [2.24, 2.45) is 5.73 Å². The topological polar surface area (TPSA) is 85.1 Å². The molecule has 2 amide bonds. The van der Waals surface area contributed by atoms with E-state index in [1.54, 1.807) is 12.3 Å². The fourth-order valence-corrected chi connectivity index (χ4v) is 2.83. The van der Waals surface area contributed by atoms with Crippen LogP contribution in [0.3, 0.4) is 0 Å². The quantitative estimate of drug-likeness (QED) is 0.752. The van der Waals surface area contributed by atoms with Crippen molar-refractivity contribution in [3.05, 3.63) is 77.5 Å². The van der Waals surface area contributed by atoms with Crippen molar-refractivity contribution in [1.82, 2.24) is 10.3 Å². The molecule has 126 valence electrons. The Balaban J connectivity index is 1.84. The van der Waals surface area contributed by atoms with E-state index in [0.717, 1.165) is 22.0 Å². The van der Waals surface area contributed by atoms with Crippen molar-refractivity contribution in [3.63, 3.8) is 0 Å². The second kappa shape index (κ2) is 7.13. The minimum absolute atomic E-state index is 0.338. The van der Waals surface area contributed by atoms with E-state index in [2.05, 4.69) is 10.3 Å². The van der Waals surface area contributed by atoms with E-state index in [9.17, 15) is 9.59 Å². The average molecular weight is 333 g/mol. The summed E-state index contributed by atoms with van der Waals surface area (Å²) in [6, 6.07) is 16.0. The van der Waals surface area contributed by atoms with Gasteiger partial charge in [-0.15, -0.1) is 0 Å². The van der Waals surface area contributed by atoms with Crippen LogP contribution in [0, 0.1) is 6.92 Å². The van der Waals surface area contributed by atoms with Crippen molar-refractivity contribution in [2.75, 3.05) is 0 Å². The van der Waals surface area contributed by atoms with Gasteiger partial charge >= 0.3 is 0 Å². The lowest BCUT2D eigenvalue weighted by Crippen LogP contribution is -2.45. The number of carbonyl (C=O) groups is 2. The molecule has 5 nitrogen and oxygen atoms in total. The van der Waals surface area contributed by atoms with E-state index in [4.69, 9.17) is 5.73 Å². The number of hydrogen-bond donors (Lipinski definition) is 2. The van der Waals surface area contributed by atoms with Crippen LogP contribution in [0.4, 0.5) is 0 Å². The molecule has 0 saturated heterocycles. The minimum atomic E-state index is -0.777. The molecule has 3 aromatic rings. The predicted molar refractivity (Wildman–Crippen MR) is 97.1 cm³/mol. The van der Waals surface area contributed by atoms with Crippen LogP contribution >= 0.6 is 0 Å².